The number of alkyl carbamates (subject to hydrolysis) is 1. The third-order valence-corrected chi connectivity index (χ3v) is 7.48. The third kappa shape index (κ3) is 5.12. The van der Waals surface area contributed by atoms with E-state index in [1.165, 1.54) is 4.90 Å². The molecule has 0 aromatic heterocycles. The van der Waals surface area contributed by atoms with Gasteiger partial charge in [0.05, 0.1) is 6.10 Å². The van der Waals surface area contributed by atoms with Gasteiger partial charge in [-0.05, 0) is 48.6 Å². The lowest BCUT2D eigenvalue weighted by molar-refractivity contribution is -0.156. The van der Waals surface area contributed by atoms with Crippen LogP contribution in [0.1, 0.15) is 43.4 Å². The van der Waals surface area contributed by atoms with Crippen molar-refractivity contribution in [3.05, 3.63) is 95.6 Å². The van der Waals surface area contributed by atoms with Crippen molar-refractivity contribution in [2.45, 2.75) is 57.0 Å². The van der Waals surface area contributed by atoms with E-state index in [0.29, 0.717) is 0 Å². The number of benzene rings is 3. The number of rotatable bonds is 7. The molecule has 8 nitrogen and oxygen atoms in total. The maximum absolute atomic E-state index is 13.9. The predicted octanol–water partition coefficient (Wildman–Crippen LogP) is 4.57. The first-order valence-electron chi connectivity index (χ1n) is 13.1. The summed E-state index contributed by atoms with van der Waals surface area (Å²) in [6, 6.07) is 23.1. The third-order valence-electron chi connectivity index (χ3n) is 7.48. The average molecular weight is 529 g/mol. The number of carboxylic acids is 1. The smallest absolute Gasteiger partial charge is 0.407 e. The monoisotopic (exact) mass is 528 g/mol. The number of hydrogen-bond acceptors (Lipinski definition) is 5. The lowest BCUT2D eigenvalue weighted by atomic mass is 9.98. The highest BCUT2D eigenvalue weighted by molar-refractivity contribution is 5.91. The summed E-state index contributed by atoms with van der Waals surface area (Å²) in [4.78, 5) is 40.3. The van der Waals surface area contributed by atoms with Crippen molar-refractivity contribution >= 4 is 18.0 Å². The first-order valence-corrected chi connectivity index (χ1v) is 13.1. The lowest BCUT2D eigenvalue weighted by Crippen LogP contribution is -2.58. The molecule has 2 N–H and O–H groups in total. The minimum Gasteiger partial charge on any atom is -0.480 e. The van der Waals surface area contributed by atoms with E-state index in [1.807, 2.05) is 66.7 Å². The van der Waals surface area contributed by atoms with Gasteiger partial charge in [-0.25, -0.2) is 9.59 Å². The van der Waals surface area contributed by atoms with E-state index >= 15 is 0 Å². The number of amides is 2. The molecule has 2 aliphatic rings. The number of ether oxygens (including phenoxy) is 2. The molecule has 0 bridgehead atoms. The summed E-state index contributed by atoms with van der Waals surface area (Å²) in [5.41, 5.74) is 4.04. The van der Waals surface area contributed by atoms with Gasteiger partial charge in [-0.1, -0.05) is 78.9 Å². The van der Waals surface area contributed by atoms with E-state index in [9.17, 15) is 19.5 Å². The second kappa shape index (κ2) is 10.5. The van der Waals surface area contributed by atoms with Gasteiger partial charge in [0.2, 0.25) is 5.91 Å². The lowest BCUT2D eigenvalue weighted by Gasteiger charge is -2.35. The van der Waals surface area contributed by atoms with Crippen LogP contribution in [0, 0.1) is 0 Å². The van der Waals surface area contributed by atoms with Crippen molar-refractivity contribution in [3.63, 3.8) is 0 Å². The fourth-order valence-corrected chi connectivity index (χ4v) is 5.83. The zero-order valence-electron chi connectivity index (χ0n) is 22.2. The van der Waals surface area contributed by atoms with E-state index in [1.54, 1.807) is 20.8 Å². The first-order chi connectivity index (χ1) is 18.7. The summed E-state index contributed by atoms with van der Waals surface area (Å²) in [6.07, 6.45) is -1.30. The maximum atomic E-state index is 13.9. The Kier molecular flexibility index (Phi) is 7.14. The maximum Gasteiger partial charge on any atom is 0.407 e. The van der Waals surface area contributed by atoms with Gasteiger partial charge >= 0.3 is 12.1 Å². The fourth-order valence-electron chi connectivity index (χ4n) is 5.83. The summed E-state index contributed by atoms with van der Waals surface area (Å²) in [6.45, 7) is 5.02. The highest BCUT2D eigenvalue weighted by Gasteiger charge is 2.53. The number of nitrogens with zero attached hydrogens (tertiary/aromatic N) is 1. The Bertz CT molecular complexity index is 1340. The van der Waals surface area contributed by atoms with Gasteiger partial charge in [0.25, 0.3) is 0 Å². The van der Waals surface area contributed by atoms with Crippen molar-refractivity contribution in [2.24, 2.45) is 0 Å². The Morgan fingerprint density at radius 1 is 0.949 bits per heavy atom. The minimum atomic E-state index is -1.19. The van der Waals surface area contributed by atoms with Crippen LogP contribution in [0.5, 0.6) is 0 Å². The van der Waals surface area contributed by atoms with Gasteiger partial charge in [0.15, 0.2) is 6.04 Å². The Morgan fingerprint density at radius 3 is 2.10 bits per heavy atom. The van der Waals surface area contributed by atoms with Gasteiger partial charge < -0.3 is 19.9 Å². The van der Waals surface area contributed by atoms with Gasteiger partial charge in [0, 0.05) is 12.3 Å². The summed E-state index contributed by atoms with van der Waals surface area (Å²) in [5, 5.41) is 12.6. The van der Waals surface area contributed by atoms with Crippen LogP contribution in [-0.4, -0.2) is 58.5 Å². The standard InChI is InChI=1S/C31H32N2O6/c1-19-27(29(35)36)33(31(2,3)39-19)28(34)26(17-20-11-5-4-6-12-20)32-30(37)38-18-25-23-15-9-7-13-21(23)22-14-8-10-16-24(22)25/h4-16,19,25-27H,17-18H2,1-3H3,(H,32,37)(H,35,36)/t19-,26-,27+/m0/s1. The van der Waals surface area contributed by atoms with Crippen molar-refractivity contribution < 1.29 is 29.0 Å². The number of carbonyl (C=O) groups is 3. The molecule has 3 aromatic carbocycles. The first kappa shape index (κ1) is 26.4. The summed E-state index contributed by atoms with van der Waals surface area (Å²) in [7, 11) is 0. The van der Waals surface area contributed by atoms with E-state index in [2.05, 4.69) is 17.4 Å². The number of nitrogens with one attached hydrogen (secondary N) is 1. The molecular weight excluding hydrogens is 496 g/mol. The van der Waals surface area contributed by atoms with Crippen molar-refractivity contribution in [1.82, 2.24) is 10.2 Å². The van der Waals surface area contributed by atoms with E-state index in [4.69, 9.17) is 9.47 Å². The SMILES string of the molecule is C[C@@H]1OC(C)(C)N(C(=O)[C@H](Cc2ccccc2)NC(=O)OCC2c3ccccc3-c3ccccc32)[C@H]1C(=O)O. The fraction of sp³-hybridized carbons (Fsp3) is 0.323. The Morgan fingerprint density at radius 2 is 1.51 bits per heavy atom. The van der Waals surface area contributed by atoms with Crippen LogP contribution in [-0.2, 0) is 25.5 Å². The number of hydrogen-bond donors (Lipinski definition) is 2. The average Bonchev–Trinajstić information content (AvgIpc) is 3.36. The Labute approximate surface area is 227 Å². The highest BCUT2D eigenvalue weighted by Crippen LogP contribution is 2.44. The zero-order valence-corrected chi connectivity index (χ0v) is 22.2. The largest absolute Gasteiger partial charge is 0.480 e. The molecule has 3 atom stereocenters. The van der Waals surface area contributed by atoms with Gasteiger partial charge in [-0.3, -0.25) is 9.69 Å². The number of carbonyl (C=O) groups excluding carboxylic acids is 2. The molecule has 3 aromatic rings. The quantitative estimate of drug-likeness (QED) is 0.465. The van der Waals surface area contributed by atoms with Gasteiger partial charge in [-0.15, -0.1) is 0 Å². The molecule has 0 radical (unpaired) electrons. The molecule has 202 valence electrons. The van der Waals surface area contributed by atoms with Crippen LogP contribution >= 0.6 is 0 Å². The topological polar surface area (TPSA) is 105 Å². The molecule has 0 spiro atoms. The predicted molar refractivity (Wildman–Crippen MR) is 145 cm³/mol. The molecule has 5 rings (SSSR count). The molecule has 1 aliphatic heterocycles. The number of carboxylic acid groups (broad SMARTS) is 1. The van der Waals surface area contributed by atoms with E-state index in [-0.39, 0.29) is 18.9 Å². The molecule has 1 heterocycles. The normalized spacial score (nSPS) is 20.1. The summed E-state index contributed by atoms with van der Waals surface area (Å²) < 4.78 is 11.5. The second-order valence-corrected chi connectivity index (χ2v) is 10.5. The van der Waals surface area contributed by atoms with E-state index in [0.717, 1.165) is 27.8 Å². The molecule has 39 heavy (non-hydrogen) atoms. The van der Waals surface area contributed by atoms with Crippen molar-refractivity contribution in [1.29, 1.82) is 0 Å². The molecule has 0 unspecified atom stereocenters. The molecule has 1 aliphatic carbocycles. The highest BCUT2D eigenvalue weighted by atomic mass is 16.6. The Balaban J connectivity index is 1.36. The molecule has 0 saturated carbocycles. The van der Waals surface area contributed by atoms with Gasteiger partial charge in [-0.2, -0.15) is 0 Å². The van der Waals surface area contributed by atoms with Gasteiger partial charge in [0.1, 0.15) is 18.4 Å². The minimum absolute atomic E-state index is 0.0964. The van der Waals surface area contributed by atoms with Crippen molar-refractivity contribution in [3.8, 4) is 11.1 Å². The van der Waals surface area contributed by atoms with E-state index < -0.39 is 41.9 Å². The zero-order chi connectivity index (χ0) is 27.7. The summed E-state index contributed by atoms with van der Waals surface area (Å²) in [5.74, 6) is -1.84. The van der Waals surface area contributed by atoms with Crippen LogP contribution < -0.4 is 5.32 Å². The van der Waals surface area contributed by atoms with Crippen LogP contribution in [0.25, 0.3) is 11.1 Å². The van der Waals surface area contributed by atoms with Crippen molar-refractivity contribution in [2.75, 3.05) is 6.61 Å². The van der Waals surface area contributed by atoms with Crippen LogP contribution in [0.4, 0.5) is 4.79 Å². The summed E-state index contributed by atoms with van der Waals surface area (Å²) >= 11 is 0. The van der Waals surface area contributed by atoms with Crippen LogP contribution in [0.3, 0.4) is 0 Å². The molecule has 8 heteroatoms. The number of aliphatic carboxylic acids is 1. The Hall–Kier alpha value is -4.17. The second-order valence-electron chi connectivity index (χ2n) is 10.5. The van der Waals surface area contributed by atoms with Crippen LogP contribution in [0.15, 0.2) is 78.9 Å². The molecular formula is C31H32N2O6. The molecule has 1 fully saturated rings. The van der Waals surface area contributed by atoms with Crippen LogP contribution in [0.2, 0.25) is 0 Å². The molecule has 1 saturated heterocycles. The number of fused-ring (bicyclic) bond motifs is 3. The molecule has 2 amide bonds.